The summed E-state index contributed by atoms with van der Waals surface area (Å²) >= 11 is 5.74. The Balaban J connectivity index is 3.21. The van der Waals surface area contributed by atoms with Crippen molar-refractivity contribution in [3.8, 4) is 5.75 Å². The average molecular weight is 266 g/mol. The zero-order valence-electron chi connectivity index (χ0n) is 9.17. The van der Waals surface area contributed by atoms with E-state index in [1.807, 2.05) is 0 Å². The van der Waals surface area contributed by atoms with E-state index in [9.17, 15) is 13.6 Å². The molecule has 7 heteroatoms. The number of rotatable bonds is 4. The van der Waals surface area contributed by atoms with Crippen molar-refractivity contribution in [3.05, 3.63) is 22.5 Å². The van der Waals surface area contributed by atoms with E-state index in [4.69, 9.17) is 16.3 Å². The predicted molar refractivity (Wildman–Crippen MR) is 56.5 cm³/mol. The molecule has 1 aromatic heterocycles. The normalized spacial score (nSPS) is 10.5. The smallest absolute Gasteiger partial charge is 0.311 e. The van der Waals surface area contributed by atoms with E-state index in [0.717, 1.165) is 7.11 Å². The fourth-order valence-electron chi connectivity index (χ4n) is 1.24. The maximum atomic E-state index is 12.8. The lowest BCUT2D eigenvalue weighted by atomic mass is 10.1. The van der Waals surface area contributed by atoms with Crippen molar-refractivity contribution in [2.45, 2.75) is 12.8 Å². The van der Waals surface area contributed by atoms with Crippen LogP contribution in [0.1, 0.15) is 17.7 Å². The fraction of sp³-hybridized carbons (Fsp3) is 0.400. The molecular weight excluding hydrogens is 256 g/mol. The third-order valence-corrected chi connectivity index (χ3v) is 2.47. The first kappa shape index (κ1) is 13.6. The number of halogens is 3. The van der Waals surface area contributed by atoms with Crippen LogP contribution in [0.3, 0.4) is 0 Å². The van der Waals surface area contributed by atoms with Gasteiger partial charge in [0, 0.05) is 0 Å². The average Bonchev–Trinajstić information content (AvgIpc) is 2.28. The zero-order chi connectivity index (χ0) is 13.0. The molecule has 0 spiro atoms. The van der Waals surface area contributed by atoms with Gasteiger partial charge in [-0.05, 0) is 0 Å². The Kier molecular flexibility index (Phi) is 4.62. The van der Waals surface area contributed by atoms with Gasteiger partial charge in [-0.3, -0.25) is 9.78 Å². The highest BCUT2D eigenvalue weighted by molar-refractivity contribution is 6.32. The topological polar surface area (TPSA) is 48.4 Å². The number of carbonyl (C=O) groups excluding carboxylic acids is 1. The number of hydrogen-bond donors (Lipinski definition) is 0. The molecule has 0 aliphatic heterocycles. The Morgan fingerprint density at radius 2 is 2.18 bits per heavy atom. The zero-order valence-corrected chi connectivity index (χ0v) is 9.92. The van der Waals surface area contributed by atoms with Gasteiger partial charge in [-0.25, -0.2) is 8.78 Å². The van der Waals surface area contributed by atoms with E-state index in [1.165, 1.54) is 13.3 Å². The van der Waals surface area contributed by atoms with Gasteiger partial charge in [0.2, 0.25) is 0 Å². The molecule has 0 saturated carbocycles. The Bertz CT molecular complexity index is 426. The van der Waals surface area contributed by atoms with Crippen molar-refractivity contribution >= 4 is 17.6 Å². The van der Waals surface area contributed by atoms with E-state index < -0.39 is 18.0 Å². The van der Waals surface area contributed by atoms with Crippen molar-refractivity contribution in [2.75, 3.05) is 14.2 Å². The number of methoxy groups -OCH3 is 2. The molecule has 0 aromatic carbocycles. The first-order valence-electron chi connectivity index (χ1n) is 4.57. The lowest BCUT2D eigenvalue weighted by Crippen LogP contribution is -2.10. The molecule has 0 unspecified atom stereocenters. The second-order valence-corrected chi connectivity index (χ2v) is 3.43. The highest BCUT2D eigenvalue weighted by atomic mass is 35.5. The van der Waals surface area contributed by atoms with Gasteiger partial charge in [-0.1, -0.05) is 11.6 Å². The van der Waals surface area contributed by atoms with E-state index in [-0.39, 0.29) is 22.9 Å². The third kappa shape index (κ3) is 3.03. The second-order valence-electron chi connectivity index (χ2n) is 3.05. The molecule has 17 heavy (non-hydrogen) atoms. The summed E-state index contributed by atoms with van der Waals surface area (Å²) in [4.78, 5) is 14.8. The molecule has 1 rings (SSSR count). The van der Waals surface area contributed by atoms with Gasteiger partial charge >= 0.3 is 5.97 Å². The minimum absolute atomic E-state index is 0.0376. The molecule has 4 nitrogen and oxygen atoms in total. The van der Waals surface area contributed by atoms with Crippen LogP contribution in [-0.4, -0.2) is 25.2 Å². The van der Waals surface area contributed by atoms with Crippen LogP contribution in [0.25, 0.3) is 0 Å². The Morgan fingerprint density at radius 3 is 2.65 bits per heavy atom. The van der Waals surface area contributed by atoms with Gasteiger partial charge in [0.1, 0.15) is 0 Å². The van der Waals surface area contributed by atoms with Gasteiger partial charge in [0.15, 0.2) is 5.75 Å². The summed E-state index contributed by atoms with van der Waals surface area (Å²) in [5.41, 5.74) is -0.617. The standard InChI is InChI=1S/C10H10ClF2NO3/c1-16-6-4-14-5(3-7(15)17-2)8(9(6)11)10(12)13/h4,10H,3H2,1-2H3. The quantitative estimate of drug-likeness (QED) is 0.785. The highest BCUT2D eigenvalue weighted by Crippen LogP contribution is 2.35. The lowest BCUT2D eigenvalue weighted by Gasteiger charge is -2.11. The lowest BCUT2D eigenvalue weighted by molar-refractivity contribution is -0.139. The van der Waals surface area contributed by atoms with Gasteiger partial charge in [-0.2, -0.15) is 0 Å². The van der Waals surface area contributed by atoms with E-state index >= 15 is 0 Å². The van der Waals surface area contributed by atoms with E-state index in [1.54, 1.807) is 0 Å². The van der Waals surface area contributed by atoms with Crippen LogP contribution in [0.15, 0.2) is 6.20 Å². The molecule has 1 heterocycles. The number of pyridine rings is 1. The molecule has 0 saturated heterocycles. The molecule has 0 amide bonds. The fourth-order valence-corrected chi connectivity index (χ4v) is 1.55. The maximum Gasteiger partial charge on any atom is 0.311 e. The Labute approximate surface area is 101 Å². The summed E-state index contributed by atoms with van der Waals surface area (Å²) < 4.78 is 34.8. The van der Waals surface area contributed by atoms with Gasteiger partial charge in [-0.15, -0.1) is 0 Å². The van der Waals surface area contributed by atoms with Crippen molar-refractivity contribution < 1.29 is 23.0 Å². The van der Waals surface area contributed by atoms with Gasteiger partial charge in [0.25, 0.3) is 6.43 Å². The number of nitrogens with zero attached hydrogens (tertiary/aromatic N) is 1. The third-order valence-electron chi connectivity index (χ3n) is 2.08. The number of aromatic nitrogens is 1. The number of carbonyl (C=O) groups is 1. The summed E-state index contributed by atoms with van der Waals surface area (Å²) in [6, 6.07) is 0. The first-order valence-corrected chi connectivity index (χ1v) is 4.95. The minimum Gasteiger partial charge on any atom is -0.494 e. The summed E-state index contributed by atoms with van der Waals surface area (Å²) in [5, 5.41) is -0.239. The van der Waals surface area contributed by atoms with Gasteiger partial charge < -0.3 is 9.47 Å². The predicted octanol–water partition coefficient (Wildman–Crippen LogP) is 2.40. The van der Waals surface area contributed by atoms with Crippen molar-refractivity contribution in [1.82, 2.24) is 4.98 Å². The van der Waals surface area contributed by atoms with Crippen LogP contribution in [0, 0.1) is 0 Å². The van der Waals surface area contributed by atoms with Crippen LogP contribution in [0.4, 0.5) is 8.78 Å². The molecule has 1 aromatic rings. The second kappa shape index (κ2) is 5.77. The Morgan fingerprint density at radius 1 is 1.53 bits per heavy atom. The SMILES string of the molecule is COC(=O)Cc1ncc(OC)c(Cl)c1C(F)F. The van der Waals surface area contributed by atoms with Crippen LogP contribution >= 0.6 is 11.6 Å². The molecule has 0 fully saturated rings. The minimum atomic E-state index is -2.84. The molecule has 94 valence electrons. The molecule has 0 atom stereocenters. The number of hydrogen-bond acceptors (Lipinski definition) is 4. The number of ether oxygens (including phenoxy) is 2. The van der Waals surface area contributed by atoms with Crippen molar-refractivity contribution in [3.63, 3.8) is 0 Å². The largest absolute Gasteiger partial charge is 0.494 e. The molecule has 0 bridgehead atoms. The number of esters is 1. The van der Waals surface area contributed by atoms with Crippen LogP contribution in [0.5, 0.6) is 5.75 Å². The molecule has 0 radical (unpaired) electrons. The number of alkyl halides is 2. The van der Waals surface area contributed by atoms with Gasteiger partial charge in [0.05, 0.1) is 43.1 Å². The van der Waals surface area contributed by atoms with Crippen LogP contribution in [0.2, 0.25) is 5.02 Å². The maximum absolute atomic E-state index is 12.8. The van der Waals surface area contributed by atoms with Crippen LogP contribution in [-0.2, 0) is 16.0 Å². The van der Waals surface area contributed by atoms with E-state index in [2.05, 4.69) is 9.72 Å². The monoisotopic (exact) mass is 265 g/mol. The Hall–Kier alpha value is -1.43. The van der Waals surface area contributed by atoms with Crippen molar-refractivity contribution in [2.24, 2.45) is 0 Å². The summed E-state index contributed by atoms with van der Waals surface area (Å²) in [5.74, 6) is -0.629. The molecule has 0 aliphatic carbocycles. The summed E-state index contributed by atoms with van der Waals surface area (Å²) in [7, 11) is 2.45. The van der Waals surface area contributed by atoms with Crippen molar-refractivity contribution in [1.29, 1.82) is 0 Å². The van der Waals surface area contributed by atoms with E-state index in [0.29, 0.717) is 0 Å². The molecular formula is C10H10ClF2NO3. The summed E-state index contributed by atoms with van der Waals surface area (Å²) in [6.45, 7) is 0. The highest BCUT2D eigenvalue weighted by Gasteiger charge is 2.23. The first-order chi connectivity index (χ1) is 8.01. The van der Waals surface area contributed by atoms with Crippen LogP contribution < -0.4 is 4.74 Å². The summed E-state index contributed by atoms with van der Waals surface area (Å²) in [6.07, 6.45) is -2.02. The molecule has 0 aliphatic rings. The molecule has 0 N–H and O–H groups in total.